The first-order valence-electron chi connectivity index (χ1n) is 18.1. The molecule has 1 aliphatic rings. The lowest BCUT2D eigenvalue weighted by molar-refractivity contribution is -0.144. The van der Waals surface area contributed by atoms with Crippen LogP contribution < -0.4 is 4.90 Å². The van der Waals surface area contributed by atoms with Gasteiger partial charge in [0.2, 0.25) is 0 Å². The lowest BCUT2D eigenvalue weighted by Crippen LogP contribution is -2.31. The summed E-state index contributed by atoms with van der Waals surface area (Å²) in [4.78, 5) is 29.6. The minimum atomic E-state index is -5.27. The predicted molar refractivity (Wildman–Crippen MR) is 203 cm³/mol. The van der Waals surface area contributed by atoms with Crippen molar-refractivity contribution < 1.29 is 62.3 Å². The van der Waals surface area contributed by atoms with Crippen LogP contribution in [0.15, 0.2) is 103 Å². The third kappa shape index (κ3) is 6.87. The van der Waals surface area contributed by atoms with E-state index in [1.54, 1.807) is 26.0 Å². The van der Waals surface area contributed by atoms with Gasteiger partial charge >= 0.3 is 24.7 Å². The largest absolute Gasteiger partial charge is 0.417 e. The van der Waals surface area contributed by atoms with Crippen LogP contribution in [-0.4, -0.2) is 16.4 Å². The summed E-state index contributed by atoms with van der Waals surface area (Å²) in [6.07, 6.45) is -20.8. The summed E-state index contributed by atoms with van der Waals surface area (Å²) in [5.41, 5.74) is -6.09. The SMILES string of the molecule is Cc1cc(C)c(N2C(=O)c3cccc(-n4c5cc(-c6ccc(C(F)(F)F)cc6C(F)(F)F)ccc5c5ccc(-c6ccc(C(F)(F)F)cc6C(F)(F)F)cc54)c3C2=O)c(C)c1. The van der Waals surface area contributed by atoms with E-state index in [1.165, 1.54) is 59.2 Å². The van der Waals surface area contributed by atoms with Gasteiger partial charge in [0.1, 0.15) is 0 Å². The number of aromatic nitrogens is 1. The molecule has 0 bridgehead atoms. The van der Waals surface area contributed by atoms with Gasteiger partial charge in [-0.25, -0.2) is 4.90 Å². The van der Waals surface area contributed by atoms with Crippen molar-refractivity contribution >= 4 is 39.3 Å². The van der Waals surface area contributed by atoms with Crippen molar-refractivity contribution in [2.75, 3.05) is 4.90 Å². The van der Waals surface area contributed by atoms with Crippen molar-refractivity contribution in [3.05, 3.63) is 153 Å². The third-order valence-corrected chi connectivity index (χ3v) is 10.7. The van der Waals surface area contributed by atoms with E-state index in [4.69, 9.17) is 0 Å². The van der Waals surface area contributed by atoms with Crippen molar-refractivity contribution in [2.24, 2.45) is 0 Å². The quantitative estimate of drug-likeness (QED) is 0.131. The molecule has 1 aromatic heterocycles. The van der Waals surface area contributed by atoms with E-state index < -0.39 is 69.9 Å². The van der Waals surface area contributed by atoms with Crippen LogP contribution in [0.1, 0.15) is 59.7 Å². The molecule has 0 aliphatic carbocycles. The molecule has 6 aromatic carbocycles. The van der Waals surface area contributed by atoms with Crippen LogP contribution in [0.3, 0.4) is 0 Å². The van der Waals surface area contributed by atoms with Crippen molar-refractivity contribution in [2.45, 2.75) is 45.5 Å². The average Bonchev–Trinajstić information content (AvgIpc) is 3.62. The fourth-order valence-electron chi connectivity index (χ4n) is 8.21. The Labute approximate surface area is 337 Å². The summed E-state index contributed by atoms with van der Waals surface area (Å²) in [5.74, 6) is -1.53. The van der Waals surface area contributed by atoms with Gasteiger partial charge in [-0.15, -0.1) is 0 Å². The topological polar surface area (TPSA) is 42.3 Å². The molecule has 0 spiro atoms. The molecule has 312 valence electrons. The maximum absolute atomic E-state index is 14.6. The highest BCUT2D eigenvalue weighted by Gasteiger charge is 2.42. The van der Waals surface area contributed by atoms with Crippen molar-refractivity contribution in [3.8, 4) is 27.9 Å². The number of fused-ring (bicyclic) bond motifs is 4. The molecule has 8 rings (SSSR count). The molecular weight excluding hydrogens is 828 g/mol. The molecule has 7 aromatic rings. The second-order valence-corrected chi connectivity index (χ2v) is 14.7. The van der Waals surface area contributed by atoms with E-state index in [1.807, 2.05) is 6.92 Å². The van der Waals surface area contributed by atoms with Gasteiger partial charge < -0.3 is 4.57 Å². The van der Waals surface area contributed by atoms with Gasteiger partial charge in [0, 0.05) is 10.8 Å². The number of carbonyl (C=O) groups excluding carboxylic acids is 2. The van der Waals surface area contributed by atoms with Gasteiger partial charge in [-0.2, -0.15) is 52.7 Å². The molecular formula is C45H26F12N2O2. The Morgan fingerprint density at radius 1 is 0.459 bits per heavy atom. The van der Waals surface area contributed by atoms with E-state index >= 15 is 0 Å². The Balaban J connectivity index is 1.44. The Kier molecular flexibility index (Phi) is 9.26. The molecule has 0 unspecified atom stereocenters. The lowest BCUT2D eigenvalue weighted by atomic mass is 9.95. The highest BCUT2D eigenvalue weighted by molar-refractivity contribution is 6.36. The number of imide groups is 1. The predicted octanol–water partition coefficient (Wildman–Crippen LogP) is 13.9. The molecule has 0 N–H and O–H groups in total. The van der Waals surface area contributed by atoms with Crippen molar-refractivity contribution in [1.82, 2.24) is 4.57 Å². The van der Waals surface area contributed by atoms with Gasteiger partial charge in [-0.1, -0.05) is 60.2 Å². The summed E-state index contributed by atoms with van der Waals surface area (Å²) >= 11 is 0. The normalized spacial score (nSPS) is 13.9. The standard InChI is InChI=1S/C45H26F12N2O2/c1-21-15-22(2)39(23(3)16-21)59-40(60)32-5-4-6-35(38(32)41(59)61)58-36-17-24(28-13-9-26(42(46,47)48)19-33(28)44(52,53)54)7-11-30(36)31-12-8-25(18-37(31)58)29-14-10-27(43(49,50)51)20-34(29)45(55,56)57/h4-20H,1-3H3. The number of rotatable bonds is 4. The molecule has 0 fully saturated rings. The highest BCUT2D eigenvalue weighted by atomic mass is 19.4. The number of benzene rings is 6. The Hall–Kier alpha value is -6.58. The molecule has 0 saturated carbocycles. The molecule has 2 heterocycles. The number of hydrogen-bond donors (Lipinski definition) is 0. The number of hydrogen-bond acceptors (Lipinski definition) is 2. The second kappa shape index (κ2) is 13.7. The summed E-state index contributed by atoms with van der Waals surface area (Å²) in [6, 6.07) is 17.5. The van der Waals surface area contributed by atoms with Gasteiger partial charge in [-0.3, -0.25) is 9.59 Å². The van der Waals surface area contributed by atoms with Crippen molar-refractivity contribution in [3.63, 3.8) is 0 Å². The van der Waals surface area contributed by atoms with Gasteiger partial charge in [0.15, 0.2) is 0 Å². The minimum absolute atomic E-state index is 0.0240. The summed E-state index contributed by atoms with van der Waals surface area (Å²) in [7, 11) is 0. The Morgan fingerprint density at radius 2 is 0.918 bits per heavy atom. The molecule has 2 amide bonds. The maximum Gasteiger partial charge on any atom is 0.417 e. The summed E-state index contributed by atoms with van der Waals surface area (Å²) in [5, 5.41) is 0.511. The van der Waals surface area contributed by atoms with Crippen LogP contribution in [0.25, 0.3) is 49.7 Å². The Morgan fingerprint density at radius 3 is 1.34 bits per heavy atom. The van der Waals surface area contributed by atoms with E-state index in [9.17, 15) is 62.3 Å². The number of halogens is 12. The number of nitrogens with zero attached hydrogens (tertiary/aromatic N) is 2. The zero-order chi connectivity index (χ0) is 44.3. The zero-order valence-corrected chi connectivity index (χ0v) is 31.6. The number of carbonyl (C=O) groups is 2. The smallest absolute Gasteiger partial charge is 0.308 e. The fourth-order valence-corrected chi connectivity index (χ4v) is 8.21. The molecule has 1 aliphatic heterocycles. The van der Waals surface area contributed by atoms with Crippen LogP contribution in [0.5, 0.6) is 0 Å². The van der Waals surface area contributed by atoms with Gasteiger partial charge in [0.25, 0.3) is 11.8 Å². The first kappa shape index (κ1) is 41.2. The Bertz CT molecular complexity index is 2850. The fraction of sp³-hybridized carbons (Fsp3) is 0.156. The van der Waals surface area contributed by atoms with Crippen LogP contribution in [0.4, 0.5) is 58.4 Å². The molecule has 61 heavy (non-hydrogen) atoms. The molecule has 0 radical (unpaired) electrons. The lowest BCUT2D eigenvalue weighted by Gasteiger charge is -2.20. The monoisotopic (exact) mass is 854 g/mol. The number of aryl methyl sites for hydroxylation is 3. The zero-order valence-electron chi connectivity index (χ0n) is 31.6. The van der Waals surface area contributed by atoms with E-state index in [-0.39, 0.29) is 61.9 Å². The third-order valence-electron chi connectivity index (χ3n) is 10.7. The molecule has 4 nitrogen and oxygen atoms in total. The molecule has 0 saturated heterocycles. The van der Waals surface area contributed by atoms with Crippen LogP contribution >= 0.6 is 0 Å². The highest BCUT2D eigenvalue weighted by Crippen LogP contribution is 2.46. The second-order valence-electron chi connectivity index (χ2n) is 14.7. The van der Waals surface area contributed by atoms with Crippen LogP contribution in [-0.2, 0) is 24.7 Å². The van der Waals surface area contributed by atoms with Crippen LogP contribution in [0.2, 0.25) is 0 Å². The maximum atomic E-state index is 14.6. The minimum Gasteiger partial charge on any atom is -0.308 e. The van der Waals surface area contributed by atoms with E-state index in [0.29, 0.717) is 41.1 Å². The molecule has 16 heteroatoms. The van der Waals surface area contributed by atoms with Gasteiger partial charge in [0.05, 0.1) is 55.8 Å². The number of alkyl halides is 12. The first-order valence-corrected chi connectivity index (χ1v) is 18.1. The van der Waals surface area contributed by atoms with Crippen molar-refractivity contribution in [1.29, 1.82) is 0 Å². The molecule has 0 atom stereocenters. The van der Waals surface area contributed by atoms with E-state index in [2.05, 4.69) is 0 Å². The van der Waals surface area contributed by atoms with E-state index in [0.717, 1.165) is 10.5 Å². The summed E-state index contributed by atoms with van der Waals surface area (Å²) < 4.78 is 170. The van der Waals surface area contributed by atoms with Gasteiger partial charge in [-0.05, 0) is 103 Å². The average molecular weight is 855 g/mol. The number of amides is 2. The number of anilines is 1. The first-order chi connectivity index (χ1) is 28.4. The van der Waals surface area contributed by atoms with Crippen LogP contribution in [0, 0.1) is 20.8 Å². The summed E-state index contributed by atoms with van der Waals surface area (Å²) in [6.45, 7) is 5.21.